The van der Waals surface area contributed by atoms with Gasteiger partial charge in [-0.2, -0.15) is 0 Å². The molecule has 0 amide bonds. The van der Waals surface area contributed by atoms with Crippen LogP contribution >= 0.6 is 22.6 Å². The second-order valence-corrected chi connectivity index (χ2v) is 6.38. The van der Waals surface area contributed by atoms with Gasteiger partial charge in [-0.15, -0.1) is 0 Å². The van der Waals surface area contributed by atoms with E-state index in [2.05, 4.69) is 90.3 Å². The first-order valence-electron chi connectivity index (χ1n) is 7.28. The Morgan fingerprint density at radius 1 is 1.10 bits per heavy atom. The SMILES string of the molecule is CCCCC(Nc1ccc(C)c(I)c1)c1ccccc1. The van der Waals surface area contributed by atoms with Gasteiger partial charge in [-0.05, 0) is 59.2 Å². The van der Waals surface area contributed by atoms with Crippen molar-refractivity contribution in [1.82, 2.24) is 0 Å². The summed E-state index contributed by atoms with van der Waals surface area (Å²) in [5.74, 6) is 0. The van der Waals surface area contributed by atoms with Crippen LogP contribution in [0.1, 0.15) is 43.4 Å². The molecule has 0 aromatic heterocycles. The van der Waals surface area contributed by atoms with Crippen LogP contribution in [0, 0.1) is 10.5 Å². The van der Waals surface area contributed by atoms with Gasteiger partial charge in [-0.25, -0.2) is 0 Å². The molecule has 2 rings (SSSR count). The number of hydrogen-bond acceptors (Lipinski definition) is 1. The van der Waals surface area contributed by atoms with E-state index < -0.39 is 0 Å². The molecule has 106 valence electrons. The number of nitrogens with one attached hydrogen (secondary N) is 1. The van der Waals surface area contributed by atoms with Crippen LogP contribution in [0.5, 0.6) is 0 Å². The molecule has 1 N–H and O–H groups in total. The maximum absolute atomic E-state index is 3.69. The molecule has 0 aliphatic carbocycles. The standard InChI is InChI=1S/C18H22IN/c1-3-4-10-18(15-8-6-5-7-9-15)20-16-12-11-14(2)17(19)13-16/h5-9,11-13,18,20H,3-4,10H2,1-2H3. The quantitative estimate of drug-likeness (QED) is 0.613. The normalized spacial score (nSPS) is 12.2. The second-order valence-electron chi connectivity index (χ2n) is 5.21. The molecule has 1 nitrogen and oxygen atoms in total. The molecule has 1 unspecified atom stereocenters. The zero-order chi connectivity index (χ0) is 14.4. The number of aryl methyl sites for hydroxylation is 1. The van der Waals surface area contributed by atoms with Gasteiger partial charge in [0.1, 0.15) is 0 Å². The summed E-state index contributed by atoms with van der Waals surface area (Å²) in [4.78, 5) is 0. The predicted octanol–water partition coefficient (Wildman–Crippen LogP) is 5.94. The largest absolute Gasteiger partial charge is 0.378 e. The van der Waals surface area contributed by atoms with E-state index in [0.29, 0.717) is 6.04 Å². The first-order chi connectivity index (χ1) is 9.70. The fraction of sp³-hybridized carbons (Fsp3) is 0.333. The monoisotopic (exact) mass is 379 g/mol. The highest BCUT2D eigenvalue weighted by molar-refractivity contribution is 14.1. The number of unbranched alkanes of at least 4 members (excludes halogenated alkanes) is 1. The molecule has 0 radical (unpaired) electrons. The second kappa shape index (κ2) is 7.67. The van der Waals surface area contributed by atoms with Crippen molar-refractivity contribution in [2.45, 2.75) is 39.2 Å². The van der Waals surface area contributed by atoms with Gasteiger partial charge in [-0.1, -0.05) is 56.2 Å². The van der Waals surface area contributed by atoms with Gasteiger partial charge >= 0.3 is 0 Å². The molecular weight excluding hydrogens is 357 g/mol. The van der Waals surface area contributed by atoms with Crippen molar-refractivity contribution in [2.24, 2.45) is 0 Å². The summed E-state index contributed by atoms with van der Waals surface area (Å²) < 4.78 is 1.31. The van der Waals surface area contributed by atoms with E-state index in [-0.39, 0.29) is 0 Å². The van der Waals surface area contributed by atoms with Crippen molar-refractivity contribution in [3.63, 3.8) is 0 Å². The van der Waals surface area contributed by atoms with E-state index in [1.54, 1.807) is 0 Å². The van der Waals surface area contributed by atoms with Gasteiger partial charge in [0.2, 0.25) is 0 Å². The lowest BCUT2D eigenvalue weighted by molar-refractivity contribution is 0.634. The molecule has 20 heavy (non-hydrogen) atoms. The zero-order valence-corrected chi connectivity index (χ0v) is 14.4. The minimum Gasteiger partial charge on any atom is -0.378 e. The van der Waals surface area contributed by atoms with Crippen LogP contribution in [0.3, 0.4) is 0 Å². The minimum atomic E-state index is 0.398. The van der Waals surface area contributed by atoms with Crippen molar-refractivity contribution < 1.29 is 0 Å². The van der Waals surface area contributed by atoms with Gasteiger partial charge in [0.25, 0.3) is 0 Å². The number of anilines is 1. The number of rotatable bonds is 6. The molecule has 0 saturated heterocycles. The van der Waals surface area contributed by atoms with Gasteiger partial charge in [0, 0.05) is 9.26 Å². The van der Waals surface area contributed by atoms with Gasteiger partial charge in [0.15, 0.2) is 0 Å². The van der Waals surface area contributed by atoms with Crippen LogP contribution in [-0.2, 0) is 0 Å². The van der Waals surface area contributed by atoms with Gasteiger partial charge in [0.05, 0.1) is 6.04 Å². The van der Waals surface area contributed by atoms with Crippen LogP contribution in [0.2, 0.25) is 0 Å². The van der Waals surface area contributed by atoms with Crippen molar-refractivity contribution in [2.75, 3.05) is 5.32 Å². The van der Waals surface area contributed by atoms with Crippen molar-refractivity contribution in [3.05, 3.63) is 63.2 Å². The molecule has 0 bridgehead atoms. The van der Waals surface area contributed by atoms with E-state index in [1.807, 2.05) is 0 Å². The highest BCUT2D eigenvalue weighted by Crippen LogP contribution is 2.26. The van der Waals surface area contributed by atoms with E-state index in [1.165, 1.54) is 39.6 Å². The van der Waals surface area contributed by atoms with Crippen LogP contribution < -0.4 is 5.32 Å². The highest BCUT2D eigenvalue weighted by atomic mass is 127. The summed E-state index contributed by atoms with van der Waals surface area (Å²) in [6, 6.07) is 17.7. The van der Waals surface area contributed by atoms with Gasteiger partial charge < -0.3 is 5.32 Å². The molecular formula is C18H22IN. The molecule has 0 spiro atoms. The summed E-state index contributed by atoms with van der Waals surface area (Å²) in [6.07, 6.45) is 3.65. The lowest BCUT2D eigenvalue weighted by atomic mass is 10.0. The van der Waals surface area contributed by atoms with Crippen LogP contribution in [0.4, 0.5) is 5.69 Å². The van der Waals surface area contributed by atoms with Crippen molar-refractivity contribution >= 4 is 28.3 Å². The van der Waals surface area contributed by atoms with Crippen LogP contribution in [0.15, 0.2) is 48.5 Å². The van der Waals surface area contributed by atoms with Crippen molar-refractivity contribution in [1.29, 1.82) is 0 Å². The fourth-order valence-corrected chi connectivity index (χ4v) is 2.81. The number of benzene rings is 2. The predicted molar refractivity (Wildman–Crippen MR) is 96.2 cm³/mol. The first-order valence-corrected chi connectivity index (χ1v) is 8.36. The van der Waals surface area contributed by atoms with E-state index in [0.717, 1.165) is 0 Å². The Balaban J connectivity index is 2.17. The third-order valence-electron chi connectivity index (χ3n) is 3.56. The highest BCUT2D eigenvalue weighted by Gasteiger charge is 2.10. The Kier molecular flexibility index (Phi) is 5.89. The molecule has 0 heterocycles. The lowest BCUT2D eigenvalue weighted by Gasteiger charge is -2.21. The summed E-state index contributed by atoms with van der Waals surface area (Å²) >= 11 is 2.40. The summed E-state index contributed by atoms with van der Waals surface area (Å²) in [5, 5.41) is 3.69. The maximum Gasteiger partial charge on any atom is 0.0513 e. The molecule has 2 aromatic carbocycles. The Morgan fingerprint density at radius 3 is 2.50 bits per heavy atom. The smallest absolute Gasteiger partial charge is 0.0513 e. The fourth-order valence-electron chi connectivity index (χ4n) is 2.30. The van der Waals surface area contributed by atoms with Crippen LogP contribution in [-0.4, -0.2) is 0 Å². The molecule has 0 saturated carbocycles. The third kappa shape index (κ3) is 4.23. The first kappa shape index (κ1) is 15.4. The number of hydrogen-bond donors (Lipinski definition) is 1. The Bertz CT molecular complexity index is 536. The maximum atomic E-state index is 3.69. The Labute approximate surface area is 135 Å². The van der Waals surface area contributed by atoms with E-state index >= 15 is 0 Å². The topological polar surface area (TPSA) is 12.0 Å². The molecule has 0 aliphatic rings. The van der Waals surface area contributed by atoms with E-state index in [4.69, 9.17) is 0 Å². The average molecular weight is 379 g/mol. The molecule has 0 fully saturated rings. The van der Waals surface area contributed by atoms with Crippen LogP contribution in [0.25, 0.3) is 0 Å². The number of halogens is 1. The molecule has 2 aromatic rings. The molecule has 2 heteroatoms. The molecule has 1 atom stereocenters. The third-order valence-corrected chi connectivity index (χ3v) is 4.72. The summed E-state index contributed by atoms with van der Waals surface area (Å²) in [6.45, 7) is 4.40. The van der Waals surface area contributed by atoms with E-state index in [9.17, 15) is 0 Å². The van der Waals surface area contributed by atoms with Crippen molar-refractivity contribution in [3.8, 4) is 0 Å². The lowest BCUT2D eigenvalue weighted by Crippen LogP contribution is -2.11. The average Bonchev–Trinajstić information content (AvgIpc) is 2.48. The van der Waals surface area contributed by atoms with Gasteiger partial charge in [-0.3, -0.25) is 0 Å². The summed E-state index contributed by atoms with van der Waals surface area (Å²) in [7, 11) is 0. The Hall–Kier alpha value is -1.03. The molecule has 0 aliphatic heterocycles. The summed E-state index contributed by atoms with van der Waals surface area (Å²) in [5.41, 5.74) is 3.92. The minimum absolute atomic E-state index is 0.398. The zero-order valence-electron chi connectivity index (χ0n) is 12.2. The Morgan fingerprint density at radius 2 is 1.85 bits per heavy atom.